The minimum atomic E-state index is 1.12. The van der Waals surface area contributed by atoms with Gasteiger partial charge in [0.1, 0.15) is 0 Å². The van der Waals surface area contributed by atoms with Crippen LogP contribution in [-0.4, -0.2) is 0 Å². The van der Waals surface area contributed by atoms with Gasteiger partial charge in [0.15, 0.2) is 0 Å². The van der Waals surface area contributed by atoms with Crippen LogP contribution >= 0.6 is 11.3 Å². The molecule has 0 saturated heterocycles. The highest BCUT2D eigenvalue weighted by molar-refractivity contribution is 7.26. The lowest BCUT2D eigenvalue weighted by molar-refractivity contribution is 1.28. The fourth-order valence-electron chi connectivity index (χ4n) is 6.86. The molecule has 1 nitrogen and oxygen atoms in total. The minimum absolute atomic E-state index is 1.12. The van der Waals surface area contributed by atoms with Gasteiger partial charge in [0.25, 0.3) is 0 Å². The SMILES string of the molecule is c1ccc(-c2cccc(-c3ccc(N(c4ccccc4)c4ccc(-c5ccc6ccc7sc8ccccc8c7c6c5)cc4)cc3)c2)cc1. The summed E-state index contributed by atoms with van der Waals surface area (Å²) in [6, 6.07) is 68.0. The maximum Gasteiger partial charge on any atom is 0.0462 e. The summed E-state index contributed by atoms with van der Waals surface area (Å²) in [5.74, 6) is 0. The largest absolute Gasteiger partial charge is 0.311 e. The van der Waals surface area contributed by atoms with Gasteiger partial charge in [-0.2, -0.15) is 0 Å². The van der Waals surface area contributed by atoms with E-state index in [0.29, 0.717) is 0 Å². The van der Waals surface area contributed by atoms with E-state index < -0.39 is 0 Å². The quantitative estimate of drug-likeness (QED) is 0.177. The standard InChI is InChI=1S/C46H31NS/c1-3-10-32(11-4-1)36-12-9-13-37(30-36)33-20-25-40(26-21-33)47(39-14-5-2-6-15-39)41-27-22-34(23-28-41)38-19-18-35-24-29-45-46(43(35)31-38)42-16-7-8-17-44(42)48-45/h1-31H. The van der Waals surface area contributed by atoms with Crippen LogP contribution < -0.4 is 4.90 Å². The van der Waals surface area contributed by atoms with Gasteiger partial charge < -0.3 is 4.90 Å². The van der Waals surface area contributed by atoms with Gasteiger partial charge in [-0.05, 0) is 105 Å². The van der Waals surface area contributed by atoms with Gasteiger partial charge >= 0.3 is 0 Å². The summed E-state index contributed by atoms with van der Waals surface area (Å²) in [6.45, 7) is 0. The normalized spacial score (nSPS) is 11.3. The number of anilines is 3. The van der Waals surface area contributed by atoms with E-state index in [-0.39, 0.29) is 0 Å². The molecule has 0 aliphatic heterocycles. The predicted octanol–water partition coefficient (Wildman–Crippen LogP) is 13.7. The van der Waals surface area contributed by atoms with E-state index in [1.54, 1.807) is 0 Å². The minimum Gasteiger partial charge on any atom is -0.311 e. The van der Waals surface area contributed by atoms with Crippen molar-refractivity contribution in [2.24, 2.45) is 0 Å². The van der Waals surface area contributed by atoms with Gasteiger partial charge in [0.05, 0.1) is 0 Å². The summed E-state index contributed by atoms with van der Waals surface area (Å²) < 4.78 is 2.68. The topological polar surface area (TPSA) is 3.24 Å². The highest BCUT2D eigenvalue weighted by Crippen LogP contribution is 2.41. The fraction of sp³-hybridized carbons (Fsp3) is 0. The molecule has 0 bridgehead atoms. The van der Waals surface area contributed by atoms with Crippen molar-refractivity contribution >= 4 is 59.3 Å². The van der Waals surface area contributed by atoms with Crippen LogP contribution in [0.2, 0.25) is 0 Å². The van der Waals surface area contributed by atoms with Crippen LogP contribution in [0.15, 0.2) is 188 Å². The number of para-hydroxylation sites is 1. The van der Waals surface area contributed by atoms with Gasteiger partial charge in [0, 0.05) is 37.2 Å². The zero-order valence-electron chi connectivity index (χ0n) is 26.3. The predicted molar refractivity (Wildman–Crippen MR) is 208 cm³/mol. The highest BCUT2D eigenvalue weighted by Gasteiger charge is 2.14. The molecule has 226 valence electrons. The number of rotatable bonds is 6. The fourth-order valence-corrected chi connectivity index (χ4v) is 7.98. The molecule has 2 heteroatoms. The molecule has 1 heterocycles. The molecule has 8 aromatic carbocycles. The second kappa shape index (κ2) is 12.0. The van der Waals surface area contributed by atoms with Crippen LogP contribution in [0.5, 0.6) is 0 Å². The molecule has 0 atom stereocenters. The number of hydrogen-bond donors (Lipinski definition) is 0. The first kappa shape index (κ1) is 28.3. The Labute approximate surface area is 284 Å². The first-order valence-electron chi connectivity index (χ1n) is 16.3. The van der Waals surface area contributed by atoms with Crippen LogP contribution in [0, 0.1) is 0 Å². The molecule has 0 N–H and O–H groups in total. The third-order valence-corrected chi connectivity index (χ3v) is 10.4. The average Bonchev–Trinajstić information content (AvgIpc) is 3.56. The zero-order chi connectivity index (χ0) is 31.9. The number of fused-ring (bicyclic) bond motifs is 5. The van der Waals surface area contributed by atoms with Crippen molar-refractivity contribution in [3.63, 3.8) is 0 Å². The zero-order valence-corrected chi connectivity index (χ0v) is 27.1. The number of benzene rings is 8. The smallest absolute Gasteiger partial charge is 0.0462 e. The first-order chi connectivity index (χ1) is 23.8. The molecule has 0 fully saturated rings. The van der Waals surface area contributed by atoms with Gasteiger partial charge in [-0.25, -0.2) is 0 Å². The van der Waals surface area contributed by atoms with Gasteiger partial charge in [-0.15, -0.1) is 11.3 Å². The van der Waals surface area contributed by atoms with E-state index in [1.807, 2.05) is 11.3 Å². The molecule has 0 amide bonds. The van der Waals surface area contributed by atoms with Crippen LogP contribution in [0.3, 0.4) is 0 Å². The monoisotopic (exact) mass is 629 g/mol. The van der Waals surface area contributed by atoms with E-state index in [9.17, 15) is 0 Å². The summed E-state index contributed by atoms with van der Waals surface area (Å²) >= 11 is 1.87. The van der Waals surface area contributed by atoms with Crippen LogP contribution in [0.1, 0.15) is 0 Å². The van der Waals surface area contributed by atoms with Crippen molar-refractivity contribution in [2.45, 2.75) is 0 Å². The molecule has 9 rings (SSSR count). The maximum atomic E-state index is 2.37. The number of thiophene rings is 1. The molecule has 1 aromatic heterocycles. The average molecular weight is 630 g/mol. The molecular weight excluding hydrogens is 599 g/mol. The number of hydrogen-bond acceptors (Lipinski definition) is 2. The van der Waals surface area contributed by atoms with E-state index in [2.05, 4.69) is 193 Å². The van der Waals surface area contributed by atoms with Gasteiger partial charge in [-0.3, -0.25) is 0 Å². The molecule has 0 radical (unpaired) electrons. The Hall–Kier alpha value is -5.96. The van der Waals surface area contributed by atoms with Crippen molar-refractivity contribution in [3.8, 4) is 33.4 Å². The molecule has 0 aliphatic carbocycles. The maximum absolute atomic E-state index is 2.37. The second-order valence-electron chi connectivity index (χ2n) is 12.2. The molecule has 0 unspecified atom stereocenters. The van der Waals surface area contributed by atoms with Crippen molar-refractivity contribution in [2.75, 3.05) is 4.90 Å². The highest BCUT2D eigenvalue weighted by atomic mass is 32.1. The lowest BCUT2D eigenvalue weighted by Gasteiger charge is -2.26. The molecule has 0 aliphatic rings. The molecule has 9 aromatic rings. The Balaban J connectivity index is 1.07. The molecular formula is C46H31NS. The Kier molecular flexibility index (Phi) is 7.07. The molecule has 0 saturated carbocycles. The number of nitrogens with zero attached hydrogens (tertiary/aromatic N) is 1. The van der Waals surface area contributed by atoms with Crippen LogP contribution in [0.4, 0.5) is 17.1 Å². The third-order valence-electron chi connectivity index (χ3n) is 9.26. The summed E-state index contributed by atoms with van der Waals surface area (Å²) in [4.78, 5) is 2.33. The Morgan fingerprint density at radius 1 is 0.312 bits per heavy atom. The summed E-state index contributed by atoms with van der Waals surface area (Å²) in [7, 11) is 0. The Morgan fingerprint density at radius 2 is 0.812 bits per heavy atom. The van der Waals surface area contributed by atoms with Crippen molar-refractivity contribution < 1.29 is 0 Å². The van der Waals surface area contributed by atoms with E-state index in [1.165, 1.54) is 64.3 Å². The summed E-state index contributed by atoms with van der Waals surface area (Å²) in [6.07, 6.45) is 0. The van der Waals surface area contributed by atoms with Gasteiger partial charge in [-0.1, -0.05) is 127 Å². The van der Waals surface area contributed by atoms with E-state index in [0.717, 1.165) is 17.1 Å². The lowest BCUT2D eigenvalue weighted by Crippen LogP contribution is -2.09. The van der Waals surface area contributed by atoms with Crippen LogP contribution in [0.25, 0.3) is 64.3 Å². The van der Waals surface area contributed by atoms with Crippen molar-refractivity contribution in [1.82, 2.24) is 0 Å². The van der Waals surface area contributed by atoms with Gasteiger partial charge in [0.2, 0.25) is 0 Å². The van der Waals surface area contributed by atoms with Crippen molar-refractivity contribution in [3.05, 3.63) is 188 Å². The van der Waals surface area contributed by atoms with Crippen molar-refractivity contribution in [1.29, 1.82) is 0 Å². The summed E-state index contributed by atoms with van der Waals surface area (Å²) in [5, 5.41) is 5.28. The van der Waals surface area contributed by atoms with Crippen LogP contribution in [-0.2, 0) is 0 Å². The second-order valence-corrected chi connectivity index (χ2v) is 13.3. The molecule has 0 spiro atoms. The third kappa shape index (κ3) is 5.13. The van der Waals surface area contributed by atoms with E-state index >= 15 is 0 Å². The first-order valence-corrected chi connectivity index (χ1v) is 17.2. The van der Waals surface area contributed by atoms with E-state index in [4.69, 9.17) is 0 Å². The lowest BCUT2D eigenvalue weighted by atomic mass is 9.97. The summed E-state index contributed by atoms with van der Waals surface area (Å²) in [5.41, 5.74) is 10.7. The Morgan fingerprint density at radius 3 is 1.50 bits per heavy atom. The Bertz CT molecular complexity index is 2530. The molecule has 48 heavy (non-hydrogen) atoms.